The van der Waals surface area contributed by atoms with Gasteiger partial charge >= 0.3 is 8.24 Å². The highest BCUT2D eigenvalue weighted by Crippen LogP contribution is 2.40. The lowest BCUT2D eigenvalue weighted by Crippen LogP contribution is -2.20. The SMILES string of the molecule is c1ccc(P(c2ccccc2)c2ccc(OCCOCCOCCOCCOCCOCCOp3oc4ccc5ccccc5c4c4c(ccc5ccccc54)o3)cc2)cc1. The van der Waals surface area contributed by atoms with Gasteiger partial charge in [0.15, 0.2) is 0 Å². The van der Waals surface area contributed by atoms with Gasteiger partial charge in [0, 0.05) is 10.8 Å². The zero-order valence-electron chi connectivity index (χ0n) is 34.1. The van der Waals surface area contributed by atoms with Crippen LogP contribution in [0.3, 0.4) is 0 Å². The van der Waals surface area contributed by atoms with E-state index in [2.05, 4.69) is 121 Å². The third kappa shape index (κ3) is 11.7. The normalized spacial score (nSPS) is 11.6. The quantitative estimate of drug-likeness (QED) is 0.0461. The highest BCUT2D eigenvalue weighted by molar-refractivity contribution is 7.79. The maximum atomic E-state index is 6.38. The number of benzene rings is 7. The van der Waals surface area contributed by atoms with Crippen molar-refractivity contribution in [2.45, 2.75) is 0 Å². The summed E-state index contributed by atoms with van der Waals surface area (Å²) in [7, 11) is -2.33. The molecule has 1 heterocycles. The standard InChI is InChI=1S/C50H50O9P2/c1-3-13-42(14-4-1)60(43-15-5-2-6-16-43)44-23-21-41(22-24-44)56-37-35-54-33-31-52-29-27-51-28-30-53-32-34-55-36-38-57-61-58-47-25-19-39-11-7-9-17-45(39)49(47)50-46-18-10-8-12-40(46)20-26-48(50)59-61/h1-26H,27-38H2. The van der Waals surface area contributed by atoms with Crippen molar-refractivity contribution in [2.24, 2.45) is 0 Å². The van der Waals surface area contributed by atoms with Crippen LogP contribution in [0.2, 0.25) is 0 Å². The summed E-state index contributed by atoms with van der Waals surface area (Å²) in [6.45, 7) is 5.48. The van der Waals surface area contributed by atoms with Crippen molar-refractivity contribution >= 4 is 75.6 Å². The molecule has 0 saturated carbocycles. The minimum absolute atomic E-state index is 0.320. The summed E-state index contributed by atoms with van der Waals surface area (Å²) >= 11 is 0. The molecule has 1 aromatic heterocycles. The molecule has 8 aromatic rings. The molecule has 0 aliphatic heterocycles. The van der Waals surface area contributed by atoms with E-state index in [1.54, 1.807) is 0 Å². The first-order valence-electron chi connectivity index (χ1n) is 20.7. The molecule has 7 aromatic carbocycles. The molecule has 0 N–H and O–H groups in total. The molecule has 8 rings (SSSR count). The van der Waals surface area contributed by atoms with Crippen molar-refractivity contribution in [3.63, 3.8) is 0 Å². The van der Waals surface area contributed by atoms with E-state index in [0.29, 0.717) is 79.3 Å². The monoisotopic (exact) mass is 856 g/mol. The molecule has 0 aliphatic carbocycles. The molecule has 314 valence electrons. The molecule has 0 spiro atoms. The Balaban J connectivity index is 0.657. The van der Waals surface area contributed by atoms with E-state index in [1.807, 2.05) is 36.4 Å². The Morgan fingerprint density at radius 1 is 0.361 bits per heavy atom. The number of ether oxygens (including phenoxy) is 6. The fourth-order valence-electron chi connectivity index (χ4n) is 7.07. The van der Waals surface area contributed by atoms with Crippen LogP contribution in [0.25, 0.3) is 43.5 Å². The summed E-state index contributed by atoms with van der Waals surface area (Å²) in [5.74, 6) is 0.831. The van der Waals surface area contributed by atoms with Crippen molar-refractivity contribution in [3.05, 3.63) is 158 Å². The zero-order chi connectivity index (χ0) is 41.3. The minimum Gasteiger partial charge on any atom is -0.491 e. The number of rotatable bonds is 23. The highest BCUT2D eigenvalue weighted by atomic mass is 31.1. The van der Waals surface area contributed by atoms with E-state index in [0.717, 1.165) is 49.2 Å². The third-order valence-electron chi connectivity index (χ3n) is 9.91. The van der Waals surface area contributed by atoms with Crippen LogP contribution in [0.1, 0.15) is 0 Å². The number of hydrogen-bond acceptors (Lipinski definition) is 9. The van der Waals surface area contributed by atoms with Crippen LogP contribution < -0.4 is 25.2 Å². The molecule has 0 atom stereocenters. The molecular formula is C50H50O9P2. The van der Waals surface area contributed by atoms with Crippen molar-refractivity contribution in [2.75, 3.05) is 79.3 Å². The van der Waals surface area contributed by atoms with Crippen LogP contribution >= 0.6 is 16.2 Å². The van der Waals surface area contributed by atoms with E-state index >= 15 is 0 Å². The van der Waals surface area contributed by atoms with Gasteiger partial charge in [-0.2, -0.15) is 0 Å². The van der Waals surface area contributed by atoms with Gasteiger partial charge in [-0.15, -0.1) is 0 Å². The average Bonchev–Trinajstić information content (AvgIpc) is 3.48. The van der Waals surface area contributed by atoms with E-state index in [1.165, 1.54) is 15.9 Å². The van der Waals surface area contributed by atoms with Crippen LogP contribution in [-0.2, 0) is 23.7 Å². The Bertz CT molecular complexity index is 2470. The van der Waals surface area contributed by atoms with Crippen molar-refractivity contribution in [1.29, 1.82) is 0 Å². The van der Waals surface area contributed by atoms with E-state index < -0.39 is 16.2 Å². The zero-order valence-corrected chi connectivity index (χ0v) is 35.9. The van der Waals surface area contributed by atoms with E-state index in [9.17, 15) is 0 Å². The number of hydrogen-bond donors (Lipinski definition) is 0. The highest BCUT2D eigenvalue weighted by Gasteiger charge is 2.16. The van der Waals surface area contributed by atoms with E-state index in [-0.39, 0.29) is 0 Å². The van der Waals surface area contributed by atoms with Crippen molar-refractivity contribution in [3.8, 4) is 5.75 Å². The summed E-state index contributed by atoms with van der Waals surface area (Å²) < 4.78 is 53.1. The molecule has 0 unspecified atom stereocenters. The average molecular weight is 857 g/mol. The Kier molecular flexibility index (Phi) is 15.9. The van der Waals surface area contributed by atoms with E-state index in [4.69, 9.17) is 41.3 Å². The molecule has 0 fully saturated rings. The second-order valence-electron chi connectivity index (χ2n) is 14.0. The van der Waals surface area contributed by atoms with Gasteiger partial charge in [-0.3, -0.25) is 4.52 Å². The minimum atomic E-state index is -1.70. The molecule has 0 amide bonds. The molecule has 0 aliphatic rings. The topological polar surface area (TPSA) is 90.9 Å². The lowest BCUT2D eigenvalue weighted by molar-refractivity contribution is -0.0136. The first kappa shape index (κ1) is 42.6. The fourth-order valence-corrected chi connectivity index (χ4v) is 10.3. The Labute approximate surface area is 358 Å². The summed E-state index contributed by atoms with van der Waals surface area (Å²) in [5.41, 5.74) is 1.48. The Morgan fingerprint density at radius 2 is 0.754 bits per heavy atom. The predicted molar refractivity (Wildman–Crippen MR) is 248 cm³/mol. The summed E-state index contributed by atoms with van der Waals surface area (Å²) in [5, 5.41) is 10.5. The number of fused-ring (bicyclic) bond motifs is 7. The van der Waals surface area contributed by atoms with Gasteiger partial charge in [-0.25, -0.2) is 0 Å². The van der Waals surface area contributed by atoms with Crippen LogP contribution in [0.15, 0.2) is 166 Å². The van der Waals surface area contributed by atoms with Crippen LogP contribution in [0, 0.1) is 0 Å². The van der Waals surface area contributed by atoms with Gasteiger partial charge in [-0.1, -0.05) is 133 Å². The molecule has 0 saturated heterocycles. The molecule has 61 heavy (non-hydrogen) atoms. The van der Waals surface area contributed by atoms with Crippen LogP contribution in [-0.4, -0.2) is 79.3 Å². The first-order valence-corrected chi connectivity index (χ1v) is 23.1. The van der Waals surface area contributed by atoms with Crippen molar-refractivity contribution < 1.29 is 41.3 Å². The summed E-state index contributed by atoms with van der Waals surface area (Å²) in [6.07, 6.45) is 0. The second kappa shape index (κ2) is 22.7. The van der Waals surface area contributed by atoms with Gasteiger partial charge in [0.25, 0.3) is 0 Å². The largest absolute Gasteiger partial charge is 0.491 e. The Hall–Kier alpha value is -5.05. The van der Waals surface area contributed by atoms with Gasteiger partial charge in [0.1, 0.15) is 23.5 Å². The van der Waals surface area contributed by atoms with Crippen molar-refractivity contribution in [1.82, 2.24) is 0 Å². The van der Waals surface area contributed by atoms with Gasteiger partial charge in [-0.05, 0) is 69.6 Å². The predicted octanol–water partition coefficient (Wildman–Crippen LogP) is 9.95. The second-order valence-corrected chi connectivity index (χ2v) is 17.3. The molecular weight excluding hydrogens is 806 g/mol. The van der Waals surface area contributed by atoms with Gasteiger partial charge < -0.3 is 36.8 Å². The lowest BCUT2D eigenvalue weighted by atomic mass is 9.99. The lowest BCUT2D eigenvalue weighted by Gasteiger charge is -2.19. The van der Waals surface area contributed by atoms with Gasteiger partial charge in [0.2, 0.25) is 0 Å². The first-order chi connectivity index (χ1) is 30.3. The van der Waals surface area contributed by atoms with Crippen LogP contribution in [0.5, 0.6) is 5.75 Å². The van der Waals surface area contributed by atoms with Gasteiger partial charge in [0.05, 0.1) is 72.7 Å². The smallest absolute Gasteiger partial charge is 0.387 e. The maximum absolute atomic E-state index is 6.38. The molecule has 0 bridgehead atoms. The maximum Gasteiger partial charge on any atom is 0.387 e. The fraction of sp³-hybridized carbons (Fsp3) is 0.240. The molecule has 0 radical (unpaired) electrons. The third-order valence-corrected chi connectivity index (χ3v) is 13.4. The Morgan fingerprint density at radius 3 is 1.23 bits per heavy atom. The molecule has 9 nitrogen and oxygen atoms in total. The molecule has 11 heteroatoms. The summed E-state index contributed by atoms with van der Waals surface area (Å²) in [6, 6.07) is 54.6. The summed E-state index contributed by atoms with van der Waals surface area (Å²) in [4.78, 5) is 0. The van der Waals surface area contributed by atoms with Crippen LogP contribution in [0.4, 0.5) is 0 Å².